The highest BCUT2D eigenvalue weighted by molar-refractivity contribution is 6.39. The molecular formula is C42H65FN4O10. The normalized spacial score (nSPS) is 39.9. The number of aliphatic hydroxyl groups is 2. The summed E-state index contributed by atoms with van der Waals surface area (Å²) < 4.78 is 40.1. The van der Waals surface area contributed by atoms with Crippen molar-refractivity contribution in [3.8, 4) is 0 Å². The summed E-state index contributed by atoms with van der Waals surface area (Å²) in [5, 5.41) is 26.4. The van der Waals surface area contributed by atoms with Gasteiger partial charge in [-0.2, -0.15) is 0 Å². The third-order valence-corrected chi connectivity index (χ3v) is 12.9. The molecular weight excluding hydrogens is 739 g/mol. The molecule has 2 saturated heterocycles. The molecule has 4 aliphatic rings. The molecule has 3 fully saturated rings. The highest BCUT2D eigenvalue weighted by atomic mass is 19.1. The molecule has 320 valence electrons. The average molecular weight is 805 g/mol. The van der Waals surface area contributed by atoms with E-state index in [0.717, 1.165) is 0 Å². The molecule has 1 saturated carbocycles. The number of nitrogens with zero attached hydrogens (tertiary/aromatic N) is 4. The van der Waals surface area contributed by atoms with Crippen molar-refractivity contribution in [2.75, 3.05) is 20.8 Å². The first kappa shape index (κ1) is 46.5. The lowest BCUT2D eigenvalue weighted by Gasteiger charge is -2.47. The summed E-state index contributed by atoms with van der Waals surface area (Å²) in [6.45, 7) is 10.6. The first-order valence-electron chi connectivity index (χ1n) is 20.8. The van der Waals surface area contributed by atoms with Crippen molar-refractivity contribution < 1.29 is 52.7 Å². The van der Waals surface area contributed by atoms with Crippen LogP contribution >= 0.6 is 0 Å². The number of alkyl halides is 1. The molecule has 0 radical (unpaired) electrons. The summed E-state index contributed by atoms with van der Waals surface area (Å²) >= 11 is 0. The number of rotatable bonds is 6. The van der Waals surface area contributed by atoms with Crippen molar-refractivity contribution in [1.82, 2.24) is 4.90 Å². The number of cyclic esters (lactones) is 1. The molecule has 0 spiro atoms. The zero-order valence-electron chi connectivity index (χ0n) is 35.0. The van der Waals surface area contributed by atoms with E-state index in [1.54, 1.807) is 26.8 Å². The number of fused-ring (bicyclic) bond motifs is 3. The molecule has 1 aliphatic carbocycles. The largest absolute Gasteiger partial charge is 0.456 e. The fourth-order valence-corrected chi connectivity index (χ4v) is 9.26. The second kappa shape index (κ2) is 20.7. The van der Waals surface area contributed by atoms with Crippen molar-refractivity contribution in [3.63, 3.8) is 0 Å². The van der Waals surface area contributed by atoms with Crippen LogP contribution in [0.3, 0.4) is 0 Å². The number of aliphatic hydroxyl groups excluding tert-OH is 1. The van der Waals surface area contributed by atoms with Crippen molar-refractivity contribution in [2.24, 2.45) is 34.7 Å². The Labute approximate surface area is 336 Å². The number of allylic oxidation sites excluding steroid dienone is 3. The summed E-state index contributed by atoms with van der Waals surface area (Å²) in [5.41, 5.74) is 10.00. The summed E-state index contributed by atoms with van der Waals surface area (Å²) in [7, 11) is 2.89. The minimum Gasteiger partial charge on any atom is -0.456 e. The highest BCUT2D eigenvalue weighted by Crippen LogP contribution is 2.39. The van der Waals surface area contributed by atoms with Crippen LogP contribution < -0.4 is 0 Å². The Bertz CT molecular complexity index is 1550. The van der Waals surface area contributed by atoms with Gasteiger partial charge in [-0.15, -0.1) is 0 Å². The Kier molecular flexibility index (Phi) is 16.9. The molecule has 1 amide bonds. The number of ether oxygens (including phenoxy) is 4. The molecule has 4 rings (SSSR count). The molecule has 2 bridgehead atoms. The zero-order valence-corrected chi connectivity index (χ0v) is 35.0. The molecule has 3 aliphatic heterocycles. The van der Waals surface area contributed by atoms with E-state index in [1.165, 1.54) is 19.1 Å². The Hall–Kier alpha value is -3.20. The average Bonchev–Trinajstić information content (AvgIpc) is 3.20. The molecule has 57 heavy (non-hydrogen) atoms. The van der Waals surface area contributed by atoms with Gasteiger partial charge in [0.1, 0.15) is 30.2 Å². The maximum absolute atomic E-state index is 16.2. The highest BCUT2D eigenvalue weighted by Gasteiger charge is 2.56. The van der Waals surface area contributed by atoms with E-state index in [9.17, 15) is 29.4 Å². The van der Waals surface area contributed by atoms with Gasteiger partial charge in [0.05, 0.1) is 24.4 Å². The first-order valence-corrected chi connectivity index (χ1v) is 20.8. The quantitative estimate of drug-likeness (QED) is 0.0789. The van der Waals surface area contributed by atoms with E-state index in [4.69, 9.17) is 24.5 Å². The van der Waals surface area contributed by atoms with Gasteiger partial charge in [0, 0.05) is 43.9 Å². The molecule has 14 atom stereocenters. The monoisotopic (exact) mass is 804 g/mol. The summed E-state index contributed by atoms with van der Waals surface area (Å²) in [6.07, 6.45) is 2.02. The van der Waals surface area contributed by atoms with Crippen LogP contribution in [-0.2, 0) is 38.1 Å². The van der Waals surface area contributed by atoms with Gasteiger partial charge in [-0.1, -0.05) is 45.0 Å². The van der Waals surface area contributed by atoms with Crippen LogP contribution in [0.25, 0.3) is 10.4 Å². The van der Waals surface area contributed by atoms with Crippen LogP contribution in [0.5, 0.6) is 0 Å². The van der Waals surface area contributed by atoms with E-state index < -0.39 is 90.0 Å². The standard InChI is InChI=1S/C42H65FN4O10/c1-9-29-19-24(3)36(43)25(4)20-34(54-7)38-35(55-8)21-27(6)42(53,57-38)39(50)40(51)47-17-11-10-12-31(47)41(52)56-37(23(2)13-16-32(29)48)26(5)18-28-14-15-30(45-46-44)33(49)22-28/h18-19,23,25,27-31,33-38,49,53H,9-17,20-22H2,1-8H3. The van der Waals surface area contributed by atoms with Crippen LogP contribution in [0, 0.1) is 29.6 Å². The van der Waals surface area contributed by atoms with E-state index in [1.807, 2.05) is 26.8 Å². The van der Waals surface area contributed by atoms with Gasteiger partial charge in [-0.3, -0.25) is 14.4 Å². The number of methoxy groups -OCH3 is 2. The molecule has 14 nitrogen and oxygen atoms in total. The zero-order chi connectivity index (χ0) is 42.2. The Morgan fingerprint density at radius 2 is 1.74 bits per heavy atom. The van der Waals surface area contributed by atoms with Gasteiger partial charge < -0.3 is 34.1 Å². The van der Waals surface area contributed by atoms with Crippen LogP contribution in [-0.4, -0.2) is 114 Å². The molecule has 0 aromatic rings. The van der Waals surface area contributed by atoms with Crippen LogP contribution in [0.1, 0.15) is 112 Å². The molecule has 14 unspecified atom stereocenters. The fourth-order valence-electron chi connectivity index (χ4n) is 9.26. The van der Waals surface area contributed by atoms with Gasteiger partial charge in [0.15, 0.2) is 0 Å². The van der Waals surface area contributed by atoms with E-state index in [2.05, 4.69) is 10.0 Å². The van der Waals surface area contributed by atoms with Crippen molar-refractivity contribution in [2.45, 2.75) is 167 Å². The van der Waals surface area contributed by atoms with Crippen LogP contribution in [0.15, 0.2) is 28.4 Å². The molecule has 3 heterocycles. The number of ketones is 2. The topological polar surface area (TPSA) is 198 Å². The van der Waals surface area contributed by atoms with Crippen molar-refractivity contribution >= 4 is 23.4 Å². The van der Waals surface area contributed by atoms with E-state index in [0.29, 0.717) is 56.1 Å². The Morgan fingerprint density at radius 3 is 2.37 bits per heavy atom. The minimum absolute atomic E-state index is 0.0649. The van der Waals surface area contributed by atoms with Gasteiger partial charge in [-0.25, -0.2) is 9.18 Å². The molecule has 15 heteroatoms. The number of hydrogen-bond acceptors (Lipinski definition) is 11. The number of carbonyl (C=O) groups is 4. The lowest BCUT2D eigenvalue weighted by atomic mass is 9.81. The lowest BCUT2D eigenvalue weighted by Crippen LogP contribution is -2.64. The lowest BCUT2D eigenvalue weighted by molar-refractivity contribution is -0.302. The smallest absolute Gasteiger partial charge is 0.329 e. The van der Waals surface area contributed by atoms with E-state index >= 15 is 4.39 Å². The van der Waals surface area contributed by atoms with Crippen LogP contribution in [0.2, 0.25) is 0 Å². The number of azide groups is 1. The molecule has 0 aromatic carbocycles. The van der Waals surface area contributed by atoms with Crippen molar-refractivity contribution in [1.29, 1.82) is 0 Å². The number of Topliss-reactive ketones (excluding diaryl/α,β-unsaturated/α-hetero) is 2. The van der Waals surface area contributed by atoms with Crippen LogP contribution in [0.4, 0.5) is 4.39 Å². The predicted octanol–water partition coefficient (Wildman–Crippen LogP) is 6.11. The third kappa shape index (κ3) is 10.9. The van der Waals surface area contributed by atoms with Gasteiger partial charge in [-0.05, 0) is 112 Å². The van der Waals surface area contributed by atoms with Gasteiger partial charge >= 0.3 is 5.97 Å². The molecule has 0 aromatic heterocycles. The third-order valence-electron chi connectivity index (χ3n) is 12.9. The van der Waals surface area contributed by atoms with E-state index in [-0.39, 0.29) is 49.8 Å². The number of piperidine rings is 1. The second-order valence-electron chi connectivity index (χ2n) is 17.0. The number of amides is 1. The minimum atomic E-state index is -2.58. The van der Waals surface area contributed by atoms with Gasteiger partial charge in [0.2, 0.25) is 5.79 Å². The number of halogens is 1. The maximum atomic E-state index is 16.2. The predicted molar refractivity (Wildman–Crippen MR) is 209 cm³/mol. The summed E-state index contributed by atoms with van der Waals surface area (Å²) in [4.78, 5) is 60.3. The number of carbonyl (C=O) groups excluding carboxylic acids is 4. The fraction of sp³-hybridized carbons (Fsp3) is 0.810. The van der Waals surface area contributed by atoms with Crippen molar-refractivity contribution in [3.05, 3.63) is 33.7 Å². The molecule has 2 N–H and O–H groups in total. The maximum Gasteiger partial charge on any atom is 0.329 e. The summed E-state index contributed by atoms with van der Waals surface area (Å²) in [6, 6.07) is -1.64. The number of esters is 1. The Morgan fingerprint density at radius 1 is 1.05 bits per heavy atom. The first-order chi connectivity index (χ1) is 27.0. The Balaban J connectivity index is 1.75. The SMILES string of the molecule is CCC1C=C(C)C(F)C(C)CC(OC)C2OC(O)(C(=O)C(=O)N3CCCCC3C(=O)OC(C(C)=CC3CCC(N=[N+]=[N-])C(O)C3)C(C)CCC1=O)C(C)CC2OC. The van der Waals surface area contributed by atoms with Gasteiger partial charge in [0.25, 0.3) is 11.7 Å². The number of hydrogen-bond donors (Lipinski definition) is 2. The summed E-state index contributed by atoms with van der Waals surface area (Å²) in [5.74, 6) is -8.16. The second-order valence-corrected chi connectivity index (χ2v) is 17.0.